The minimum Gasteiger partial charge on any atom is -0.470 e. The number of halogens is 4. The fourth-order valence-corrected chi connectivity index (χ4v) is 3.51. The Morgan fingerprint density at radius 3 is 2.76 bits per heavy atom. The van der Waals surface area contributed by atoms with Gasteiger partial charge >= 0.3 is 0 Å². The van der Waals surface area contributed by atoms with Gasteiger partial charge in [0.15, 0.2) is 17.8 Å². The second-order valence-corrected chi connectivity index (χ2v) is 7.80. The second-order valence-electron chi connectivity index (χ2n) is 7.80. The third kappa shape index (κ3) is 4.40. The first kappa shape index (κ1) is 22.7. The number of alkyl halides is 3. The van der Waals surface area contributed by atoms with E-state index in [-0.39, 0.29) is 42.1 Å². The van der Waals surface area contributed by atoms with Crippen LogP contribution in [-0.2, 0) is 15.0 Å². The third-order valence-electron chi connectivity index (χ3n) is 5.14. The van der Waals surface area contributed by atoms with Gasteiger partial charge in [0.25, 0.3) is 17.9 Å². The van der Waals surface area contributed by atoms with Crippen LogP contribution < -0.4 is 15.8 Å². The lowest BCUT2D eigenvalue weighted by Crippen LogP contribution is -2.55. The van der Waals surface area contributed by atoms with E-state index in [1.165, 1.54) is 12.1 Å². The van der Waals surface area contributed by atoms with Crippen molar-refractivity contribution in [1.29, 1.82) is 0 Å². The fourth-order valence-electron chi connectivity index (χ4n) is 3.51. The van der Waals surface area contributed by atoms with Crippen molar-refractivity contribution in [2.75, 3.05) is 31.7 Å². The minimum atomic E-state index is -3.06. The number of amidine groups is 1. The number of hydrogen-bond donors (Lipinski definition) is 2. The lowest BCUT2D eigenvalue weighted by molar-refractivity contribution is -0.0243. The molecule has 13 heteroatoms. The smallest absolute Gasteiger partial charge is 0.283 e. The second kappa shape index (κ2) is 8.14. The van der Waals surface area contributed by atoms with Crippen molar-refractivity contribution in [2.24, 2.45) is 10.7 Å². The summed E-state index contributed by atoms with van der Waals surface area (Å²) in [4.78, 5) is 24.1. The third-order valence-corrected chi connectivity index (χ3v) is 5.14. The van der Waals surface area contributed by atoms with Gasteiger partial charge in [-0.05, 0) is 18.2 Å². The van der Waals surface area contributed by atoms with Crippen molar-refractivity contribution >= 4 is 17.6 Å². The Hall–Kier alpha value is -3.48. The monoisotopic (exact) mass is 469 g/mol. The summed E-state index contributed by atoms with van der Waals surface area (Å²) in [6.45, 7) is -1.32. The molecule has 0 radical (unpaired) electrons. The standard InChI is InChI=1S/C20H19F4N5O4/c1-18(22,23)7-32-15-6-26-14(5-27-15)16(30)28-11-2-3-13(21)12(4-11)20-10-31-8-19(20,24)9-33-17(25)29-20/h2-6H,7-10H2,1H3,(H2,25,29)(H,28,30). The number of carbonyl (C=O) groups is 1. The summed E-state index contributed by atoms with van der Waals surface area (Å²) in [5, 5.41) is 2.50. The van der Waals surface area contributed by atoms with Crippen LogP contribution in [0, 0.1) is 5.82 Å². The van der Waals surface area contributed by atoms with Crippen LogP contribution in [0.15, 0.2) is 35.6 Å². The largest absolute Gasteiger partial charge is 0.470 e. The zero-order valence-electron chi connectivity index (χ0n) is 17.3. The van der Waals surface area contributed by atoms with Crippen molar-refractivity contribution in [3.05, 3.63) is 47.7 Å². The van der Waals surface area contributed by atoms with Gasteiger partial charge in [-0.25, -0.2) is 32.5 Å². The summed E-state index contributed by atoms with van der Waals surface area (Å²) in [5.74, 6) is -4.74. The summed E-state index contributed by atoms with van der Waals surface area (Å²) in [6.07, 6.45) is 2.05. The van der Waals surface area contributed by atoms with Crippen LogP contribution in [-0.4, -0.2) is 59.9 Å². The van der Waals surface area contributed by atoms with E-state index in [2.05, 4.69) is 20.3 Å². The number of rotatable bonds is 6. The number of nitrogens with two attached hydrogens (primary N) is 1. The molecule has 0 aliphatic carbocycles. The Morgan fingerprint density at radius 2 is 2.06 bits per heavy atom. The van der Waals surface area contributed by atoms with E-state index in [1.807, 2.05) is 0 Å². The Kier molecular flexibility index (Phi) is 5.60. The molecule has 1 aromatic heterocycles. The predicted octanol–water partition coefficient (Wildman–Crippen LogP) is 2.18. The maximum Gasteiger partial charge on any atom is 0.283 e. The van der Waals surface area contributed by atoms with Gasteiger partial charge in [-0.15, -0.1) is 0 Å². The molecule has 2 atom stereocenters. The number of fused-ring (bicyclic) bond motifs is 1. The van der Waals surface area contributed by atoms with E-state index in [4.69, 9.17) is 19.9 Å². The predicted molar refractivity (Wildman–Crippen MR) is 106 cm³/mol. The molecule has 9 nitrogen and oxygen atoms in total. The normalized spacial score (nSPS) is 24.5. The molecule has 2 aromatic rings. The molecule has 4 rings (SSSR count). The van der Waals surface area contributed by atoms with Crippen molar-refractivity contribution in [3.8, 4) is 5.88 Å². The van der Waals surface area contributed by atoms with E-state index >= 15 is 4.39 Å². The molecule has 0 spiro atoms. The van der Waals surface area contributed by atoms with Gasteiger partial charge in [0.05, 0.1) is 25.6 Å². The van der Waals surface area contributed by atoms with E-state index in [1.54, 1.807) is 0 Å². The molecule has 1 fully saturated rings. The van der Waals surface area contributed by atoms with Gasteiger partial charge in [0, 0.05) is 18.2 Å². The molecule has 2 aliphatic heterocycles. The maximum atomic E-state index is 15.5. The van der Waals surface area contributed by atoms with Gasteiger partial charge in [0.2, 0.25) is 5.88 Å². The summed E-state index contributed by atoms with van der Waals surface area (Å²) < 4.78 is 71.1. The number of nitrogens with one attached hydrogen (secondary N) is 1. The Morgan fingerprint density at radius 1 is 1.27 bits per heavy atom. The average Bonchev–Trinajstić information content (AvgIpc) is 3.10. The molecule has 176 valence electrons. The van der Waals surface area contributed by atoms with Crippen LogP contribution in [0.5, 0.6) is 5.88 Å². The molecule has 2 aliphatic rings. The SMILES string of the molecule is CC(F)(F)COc1cnc(C(=O)Nc2ccc(F)c(C34COCC3(F)COC(N)=N4)c2)cn1. The van der Waals surface area contributed by atoms with Crippen LogP contribution in [0.1, 0.15) is 23.0 Å². The van der Waals surface area contributed by atoms with E-state index < -0.39 is 42.1 Å². The topological polar surface area (TPSA) is 121 Å². The number of nitrogens with zero attached hydrogens (tertiary/aromatic N) is 3. The van der Waals surface area contributed by atoms with E-state index in [9.17, 15) is 18.0 Å². The number of aromatic nitrogens is 2. The molecule has 33 heavy (non-hydrogen) atoms. The Labute approximate surface area is 185 Å². The quantitative estimate of drug-likeness (QED) is 0.622. The van der Waals surface area contributed by atoms with Crippen molar-refractivity contribution in [1.82, 2.24) is 9.97 Å². The number of aliphatic imine (C=N–C) groups is 1. The molecule has 1 saturated heterocycles. The van der Waals surface area contributed by atoms with Crippen molar-refractivity contribution in [3.63, 3.8) is 0 Å². The number of benzene rings is 1. The number of carbonyl (C=O) groups excluding carboxylic acids is 1. The highest BCUT2D eigenvalue weighted by Crippen LogP contribution is 2.48. The van der Waals surface area contributed by atoms with Crippen LogP contribution in [0.25, 0.3) is 0 Å². The highest BCUT2D eigenvalue weighted by Gasteiger charge is 2.62. The lowest BCUT2D eigenvalue weighted by atomic mass is 9.78. The molecule has 0 bridgehead atoms. The zero-order chi connectivity index (χ0) is 23.9. The summed E-state index contributed by atoms with van der Waals surface area (Å²) >= 11 is 0. The first-order valence-electron chi connectivity index (χ1n) is 9.70. The molecular formula is C20H19F4N5O4. The molecule has 2 unspecified atom stereocenters. The molecule has 3 N–H and O–H groups in total. The first-order valence-corrected chi connectivity index (χ1v) is 9.70. The molecular weight excluding hydrogens is 450 g/mol. The van der Waals surface area contributed by atoms with E-state index in [0.717, 1.165) is 18.5 Å². The van der Waals surface area contributed by atoms with Gasteiger partial charge in [-0.3, -0.25) is 4.79 Å². The summed E-state index contributed by atoms with van der Waals surface area (Å²) in [7, 11) is 0. The van der Waals surface area contributed by atoms with E-state index in [0.29, 0.717) is 6.92 Å². The molecule has 0 saturated carbocycles. The highest BCUT2D eigenvalue weighted by atomic mass is 19.3. The van der Waals surface area contributed by atoms with Gasteiger partial charge < -0.3 is 25.3 Å². The number of hydrogen-bond acceptors (Lipinski definition) is 8. The fraction of sp³-hybridized carbons (Fsp3) is 0.400. The number of anilines is 1. The van der Waals surface area contributed by atoms with Crippen molar-refractivity contribution in [2.45, 2.75) is 24.1 Å². The number of ether oxygens (including phenoxy) is 3. The van der Waals surface area contributed by atoms with Gasteiger partial charge in [-0.1, -0.05) is 0 Å². The Bertz CT molecular complexity index is 1090. The summed E-state index contributed by atoms with van der Waals surface area (Å²) in [5.41, 5.74) is 1.48. The van der Waals surface area contributed by atoms with Gasteiger partial charge in [-0.2, -0.15) is 0 Å². The zero-order valence-corrected chi connectivity index (χ0v) is 17.3. The van der Waals surface area contributed by atoms with Crippen molar-refractivity contribution < 1.29 is 36.6 Å². The van der Waals surface area contributed by atoms with Gasteiger partial charge in [0.1, 0.15) is 18.1 Å². The lowest BCUT2D eigenvalue weighted by Gasteiger charge is -2.38. The maximum absolute atomic E-state index is 15.5. The highest BCUT2D eigenvalue weighted by molar-refractivity contribution is 6.02. The summed E-state index contributed by atoms with van der Waals surface area (Å²) in [6, 6.07) is 3.24. The molecule has 1 aromatic carbocycles. The number of amides is 1. The average molecular weight is 469 g/mol. The van der Waals surface area contributed by atoms with Crippen LogP contribution >= 0.6 is 0 Å². The molecule has 3 heterocycles. The first-order chi connectivity index (χ1) is 15.5. The minimum absolute atomic E-state index is 0.119. The van der Waals surface area contributed by atoms with Crippen LogP contribution in [0.3, 0.4) is 0 Å². The molecule has 1 amide bonds. The van der Waals surface area contributed by atoms with Crippen LogP contribution in [0.4, 0.5) is 23.2 Å². The Balaban J connectivity index is 1.55. The van der Waals surface area contributed by atoms with Crippen LogP contribution in [0.2, 0.25) is 0 Å².